The number of thiazole rings is 1. The Bertz CT molecular complexity index is 852. The highest BCUT2D eigenvalue weighted by Gasteiger charge is 2.29. The molecule has 9 heteroatoms. The van der Waals surface area contributed by atoms with Crippen molar-refractivity contribution in [2.24, 2.45) is 0 Å². The fourth-order valence-electron chi connectivity index (χ4n) is 3.55. The highest BCUT2D eigenvalue weighted by atomic mass is 32.1. The van der Waals surface area contributed by atoms with Crippen LogP contribution in [0.4, 0.5) is 5.13 Å². The van der Waals surface area contributed by atoms with E-state index in [1.165, 1.54) is 11.3 Å². The minimum absolute atomic E-state index is 0.00854. The van der Waals surface area contributed by atoms with Crippen LogP contribution in [0.1, 0.15) is 51.3 Å². The standard InChI is InChI=1S/C17H22N6O2S/c1-2-12-14(26-17(18)19-12)16(25)22-7-8-23-11(10-22)9-13(20-23)15(24)21-5-3-4-6-21/h9H,2-8,10H2,1H3,(H2,18,19). The topological polar surface area (TPSA) is 97.4 Å². The molecule has 2 aliphatic heterocycles. The number of nitrogen functional groups attached to an aromatic ring is 1. The number of amides is 2. The Labute approximate surface area is 155 Å². The lowest BCUT2D eigenvalue weighted by Crippen LogP contribution is -2.38. The SMILES string of the molecule is CCc1nc(N)sc1C(=O)N1CCn2nc(C(=O)N3CCCC3)cc2C1. The van der Waals surface area contributed by atoms with E-state index in [4.69, 9.17) is 5.73 Å². The molecular formula is C17H22N6O2S. The van der Waals surface area contributed by atoms with E-state index in [1.54, 1.807) is 4.90 Å². The van der Waals surface area contributed by atoms with Crippen molar-refractivity contribution >= 4 is 28.3 Å². The van der Waals surface area contributed by atoms with Gasteiger partial charge in [-0.3, -0.25) is 14.3 Å². The minimum Gasteiger partial charge on any atom is -0.375 e. The van der Waals surface area contributed by atoms with Gasteiger partial charge in [0.05, 0.1) is 24.5 Å². The van der Waals surface area contributed by atoms with Crippen molar-refractivity contribution in [3.05, 3.63) is 28.0 Å². The molecule has 4 heterocycles. The molecule has 26 heavy (non-hydrogen) atoms. The molecule has 2 aromatic rings. The number of aryl methyl sites for hydroxylation is 1. The van der Waals surface area contributed by atoms with Crippen LogP contribution < -0.4 is 5.73 Å². The number of nitrogens with two attached hydrogens (primary N) is 1. The van der Waals surface area contributed by atoms with Crippen molar-refractivity contribution in [3.63, 3.8) is 0 Å². The third kappa shape index (κ3) is 2.96. The van der Waals surface area contributed by atoms with Crippen molar-refractivity contribution in [2.45, 2.75) is 39.3 Å². The van der Waals surface area contributed by atoms with Crippen LogP contribution in [0.3, 0.4) is 0 Å². The summed E-state index contributed by atoms with van der Waals surface area (Å²) in [5.74, 6) is -0.0540. The molecule has 2 aliphatic rings. The van der Waals surface area contributed by atoms with Gasteiger partial charge in [0.1, 0.15) is 4.88 Å². The van der Waals surface area contributed by atoms with Crippen LogP contribution in [0.15, 0.2) is 6.07 Å². The number of likely N-dealkylation sites (tertiary alicyclic amines) is 1. The van der Waals surface area contributed by atoms with Crippen LogP contribution in [0.2, 0.25) is 0 Å². The number of fused-ring (bicyclic) bond motifs is 1. The summed E-state index contributed by atoms with van der Waals surface area (Å²) < 4.78 is 1.84. The molecule has 2 aromatic heterocycles. The van der Waals surface area contributed by atoms with Crippen LogP contribution in [0.5, 0.6) is 0 Å². The van der Waals surface area contributed by atoms with Gasteiger partial charge in [0.2, 0.25) is 0 Å². The number of anilines is 1. The average Bonchev–Trinajstić information content (AvgIpc) is 3.38. The van der Waals surface area contributed by atoms with Gasteiger partial charge in [0, 0.05) is 19.6 Å². The fraction of sp³-hybridized carbons (Fsp3) is 0.529. The normalized spacial score (nSPS) is 16.8. The highest BCUT2D eigenvalue weighted by Crippen LogP contribution is 2.25. The third-order valence-electron chi connectivity index (χ3n) is 4.94. The first kappa shape index (κ1) is 17.0. The summed E-state index contributed by atoms with van der Waals surface area (Å²) in [6.45, 7) is 5.17. The maximum Gasteiger partial charge on any atom is 0.274 e. The predicted octanol–water partition coefficient (Wildman–Crippen LogP) is 1.38. The summed E-state index contributed by atoms with van der Waals surface area (Å²) in [5, 5.41) is 4.88. The van der Waals surface area contributed by atoms with Crippen molar-refractivity contribution in [1.29, 1.82) is 0 Å². The van der Waals surface area contributed by atoms with E-state index in [0.717, 1.165) is 37.3 Å². The minimum atomic E-state index is -0.0454. The van der Waals surface area contributed by atoms with Gasteiger partial charge < -0.3 is 15.5 Å². The van der Waals surface area contributed by atoms with Crippen LogP contribution in [-0.2, 0) is 19.5 Å². The first-order valence-electron chi connectivity index (χ1n) is 8.97. The molecule has 2 N–H and O–H groups in total. The third-order valence-corrected chi connectivity index (χ3v) is 5.86. The molecule has 0 unspecified atom stereocenters. The van der Waals surface area contributed by atoms with Gasteiger partial charge in [-0.2, -0.15) is 5.10 Å². The molecule has 0 saturated carbocycles. The number of rotatable bonds is 3. The van der Waals surface area contributed by atoms with Crippen molar-refractivity contribution in [2.75, 3.05) is 25.4 Å². The molecule has 8 nitrogen and oxygen atoms in total. The molecule has 0 atom stereocenters. The van der Waals surface area contributed by atoms with E-state index in [9.17, 15) is 9.59 Å². The van der Waals surface area contributed by atoms with E-state index >= 15 is 0 Å². The van der Waals surface area contributed by atoms with E-state index in [0.29, 0.717) is 41.8 Å². The predicted molar refractivity (Wildman–Crippen MR) is 98.0 cm³/mol. The Balaban J connectivity index is 1.52. The van der Waals surface area contributed by atoms with Crippen LogP contribution in [0.25, 0.3) is 0 Å². The summed E-state index contributed by atoms with van der Waals surface area (Å²) >= 11 is 1.24. The monoisotopic (exact) mass is 374 g/mol. The van der Waals surface area contributed by atoms with E-state index < -0.39 is 0 Å². The number of carbonyl (C=O) groups excluding carboxylic acids is 2. The number of hydrogen-bond donors (Lipinski definition) is 1. The van der Waals surface area contributed by atoms with Crippen LogP contribution in [-0.4, -0.2) is 56.0 Å². The largest absolute Gasteiger partial charge is 0.375 e. The Kier molecular flexibility index (Phi) is 4.39. The van der Waals surface area contributed by atoms with Gasteiger partial charge in [-0.05, 0) is 25.3 Å². The molecule has 2 amide bonds. The maximum atomic E-state index is 12.9. The Morgan fingerprint density at radius 3 is 2.65 bits per heavy atom. The molecule has 1 fully saturated rings. The van der Waals surface area contributed by atoms with Gasteiger partial charge in [0.25, 0.3) is 11.8 Å². The summed E-state index contributed by atoms with van der Waals surface area (Å²) in [6.07, 6.45) is 2.79. The Morgan fingerprint density at radius 1 is 1.15 bits per heavy atom. The summed E-state index contributed by atoms with van der Waals surface area (Å²) in [5.41, 5.74) is 7.90. The molecule has 0 radical (unpaired) electrons. The number of nitrogens with zero attached hydrogens (tertiary/aromatic N) is 5. The van der Waals surface area contributed by atoms with Crippen molar-refractivity contribution < 1.29 is 9.59 Å². The molecule has 138 valence electrons. The summed E-state index contributed by atoms with van der Waals surface area (Å²) in [7, 11) is 0. The molecule has 0 aromatic carbocycles. The van der Waals surface area contributed by atoms with E-state index in [-0.39, 0.29) is 11.8 Å². The van der Waals surface area contributed by atoms with Crippen LogP contribution >= 0.6 is 11.3 Å². The van der Waals surface area contributed by atoms with E-state index in [2.05, 4.69) is 10.1 Å². The second kappa shape index (κ2) is 6.71. The average molecular weight is 374 g/mol. The zero-order valence-electron chi connectivity index (χ0n) is 14.8. The van der Waals surface area contributed by atoms with Crippen molar-refractivity contribution in [3.8, 4) is 0 Å². The molecule has 1 saturated heterocycles. The van der Waals surface area contributed by atoms with Crippen LogP contribution in [0, 0.1) is 0 Å². The van der Waals surface area contributed by atoms with Crippen molar-refractivity contribution in [1.82, 2.24) is 24.6 Å². The van der Waals surface area contributed by atoms with Gasteiger partial charge in [0.15, 0.2) is 10.8 Å². The molecule has 0 aliphatic carbocycles. The second-order valence-electron chi connectivity index (χ2n) is 6.65. The summed E-state index contributed by atoms with van der Waals surface area (Å²) in [4.78, 5) is 33.9. The lowest BCUT2D eigenvalue weighted by molar-refractivity contribution is 0.0707. The number of hydrogen-bond acceptors (Lipinski definition) is 6. The lowest BCUT2D eigenvalue weighted by atomic mass is 10.2. The molecule has 0 bridgehead atoms. The Morgan fingerprint density at radius 2 is 1.92 bits per heavy atom. The maximum absolute atomic E-state index is 12.9. The van der Waals surface area contributed by atoms with Gasteiger partial charge in [-0.1, -0.05) is 18.3 Å². The van der Waals surface area contributed by atoms with E-state index in [1.807, 2.05) is 22.6 Å². The molecule has 0 spiro atoms. The quantitative estimate of drug-likeness (QED) is 0.875. The fourth-order valence-corrected chi connectivity index (χ4v) is 4.44. The van der Waals surface area contributed by atoms with Gasteiger partial charge >= 0.3 is 0 Å². The highest BCUT2D eigenvalue weighted by molar-refractivity contribution is 7.17. The molecular weight excluding hydrogens is 352 g/mol. The number of carbonyl (C=O) groups is 2. The smallest absolute Gasteiger partial charge is 0.274 e. The lowest BCUT2D eigenvalue weighted by Gasteiger charge is -2.27. The van der Waals surface area contributed by atoms with Gasteiger partial charge in [-0.25, -0.2) is 4.98 Å². The zero-order valence-corrected chi connectivity index (χ0v) is 15.6. The first-order chi connectivity index (χ1) is 12.6. The Hall–Kier alpha value is -2.42. The van der Waals surface area contributed by atoms with Gasteiger partial charge in [-0.15, -0.1) is 0 Å². The number of aromatic nitrogens is 3. The molecule has 4 rings (SSSR count). The summed E-state index contributed by atoms with van der Waals surface area (Å²) in [6, 6.07) is 1.82. The second-order valence-corrected chi connectivity index (χ2v) is 7.68. The first-order valence-corrected chi connectivity index (χ1v) is 9.79. The zero-order chi connectivity index (χ0) is 18.3.